The predicted octanol–water partition coefficient (Wildman–Crippen LogP) is 5.10. The SMILES string of the molecule is N#CC1(NC(=O)CNc2ccc(NC(=O)c3ccccc3)cc2C(F)(F)F)CCCCCC1. The van der Waals surface area contributed by atoms with E-state index in [1.807, 2.05) is 0 Å². The van der Waals surface area contributed by atoms with E-state index in [0.29, 0.717) is 18.4 Å². The minimum absolute atomic E-state index is 0.0203. The first kappa shape index (κ1) is 24.1. The van der Waals surface area contributed by atoms with Crippen LogP contribution in [0, 0.1) is 11.3 Å². The van der Waals surface area contributed by atoms with E-state index in [4.69, 9.17) is 0 Å². The molecule has 0 heterocycles. The molecule has 0 spiro atoms. The van der Waals surface area contributed by atoms with E-state index >= 15 is 0 Å². The topological polar surface area (TPSA) is 94.0 Å². The number of nitrogens with one attached hydrogen (secondary N) is 3. The van der Waals surface area contributed by atoms with Gasteiger partial charge in [-0.3, -0.25) is 9.59 Å². The van der Waals surface area contributed by atoms with Crippen molar-refractivity contribution in [3.05, 3.63) is 59.7 Å². The summed E-state index contributed by atoms with van der Waals surface area (Å²) in [5, 5.41) is 17.3. The number of nitriles is 1. The Morgan fingerprint density at radius 1 is 1.00 bits per heavy atom. The van der Waals surface area contributed by atoms with Crippen molar-refractivity contribution in [2.24, 2.45) is 0 Å². The molecule has 9 heteroatoms. The van der Waals surface area contributed by atoms with Crippen LogP contribution in [0.5, 0.6) is 0 Å². The molecular formula is C24H25F3N4O2. The Morgan fingerprint density at radius 3 is 2.27 bits per heavy atom. The molecule has 2 aromatic rings. The first-order valence-corrected chi connectivity index (χ1v) is 10.8. The van der Waals surface area contributed by atoms with Crippen LogP contribution in [0.3, 0.4) is 0 Å². The minimum Gasteiger partial charge on any atom is -0.376 e. The van der Waals surface area contributed by atoms with Crippen LogP contribution in [0.15, 0.2) is 48.5 Å². The maximum absolute atomic E-state index is 13.7. The molecule has 0 saturated heterocycles. The Labute approximate surface area is 190 Å². The zero-order valence-electron chi connectivity index (χ0n) is 18.0. The summed E-state index contributed by atoms with van der Waals surface area (Å²) in [4.78, 5) is 24.7. The molecule has 1 aliphatic carbocycles. The summed E-state index contributed by atoms with van der Waals surface area (Å²) >= 11 is 0. The number of nitrogens with zero attached hydrogens (tertiary/aromatic N) is 1. The van der Waals surface area contributed by atoms with Gasteiger partial charge in [0, 0.05) is 16.9 Å². The lowest BCUT2D eigenvalue weighted by Crippen LogP contribution is -2.49. The van der Waals surface area contributed by atoms with Gasteiger partial charge >= 0.3 is 6.18 Å². The van der Waals surface area contributed by atoms with Crippen LogP contribution in [0.1, 0.15) is 54.4 Å². The fraction of sp³-hybridized carbons (Fsp3) is 0.375. The van der Waals surface area contributed by atoms with Crippen molar-refractivity contribution in [1.82, 2.24) is 5.32 Å². The van der Waals surface area contributed by atoms with Gasteiger partial charge in [0.25, 0.3) is 5.91 Å². The van der Waals surface area contributed by atoms with E-state index in [0.717, 1.165) is 31.7 Å². The van der Waals surface area contributed by atoms with Gasteiger partial charge in [-0.05, 0) is 43.2 Å². The third kappa shape index (κ3) is 6.48. The van der Waals surface area contributed by atoms with Crippen LogP contribution in [-0.4, -0.2) is 23.9 Å². The number of rotatable bonds is 6. The minimum atomic E-state index is -4.71. The largest absolute Gasteiger partial charge is 0.418 e. The molecule has 33 heavy (non-hydrogen) atoms. The van der Waals surface area contributed by atoms with Crippen molar-refractivity contribution >= 4 is 23.2 Å². The molecule has 6 nitrogen and oxygen atoms in total. The normalized spacial score (nSPS) is 15.6. The molecule has 0 atom stereocenters. The Bertz CT molecular complexity index is 1020. The first-order chi connectivity index (χ1) is 15.7. The fourth-order valence-electron chi connectivity index (χ4n) is 3.89. The van der Waals surface area contributed by atoms with Crippen LogP contribution in [0.25, 0.3) is 0 Å². The van der Waals surface area contributed by atoms with Crippen molar-refractivity contribution in [2.75, 3.05) is 17.2 Å². The summed E-state index contributed by atoms with van der Waals surface area (Å²) in [6, 6.07) is 13.6. The number of hydrogen-bond donors (Lipinski definition) is 3. The smallest absolute Gasteiger partial charge is 0.376 e. The number of amides is 2. The Balaban J connectivity index is 1.70. The van der Waals surface area contributed by atoms with Crippen molar-refractivity contribution in [3.8, 4) is 6.07 Å². The number of hydrogen-bond acceptors (Lipinski definition) is 4. The quantitative estimate of drug-likeness (QED) is 0.525. The number of carbonyl (C=O) groups is 2. The second-order valence-electron chi connectivity index (χ2n) is 8.09. The summed E-state index contributed by atoms with van der Waals surface area (Å²) in [7, 11) is 0. The second kappa shape index (κ2) is 10.4. The molecule has 0 aromatic heterocycles. The lowest BCUT2D eigenvalue weighted by Gasteiger charge is -2.26. The lowest BCUT2D eigenvalue weighted by atomic mass is 9.92. The van der Waals surface area contributed by atoms with E-state index in [9.17, 15) is 28.0 Å². The standard InChI is InChI=1S/C24H25F3N4O2/c25-24(26,27)19-14-18(30-22(33)17-8-4-3-5-9-17)10-11-20(19)29-15-21(32)31-23(16-28)12-6-1-2-7-13-23/h3-5,8-11,14,29H,1-2,6-7,12-13,15H2,(H,30,33)(H,31,32). The molecule has 3 rings (SSSR count). The summed E-state index contributed by atoms with van der Waals surface area (Å²) in [6.45, 7) is -0.414. The number of halogens is 3. The summed E-state index contributed by atoms with van der Waals surface area (Å²) < 4.78 is 41.0. The Morgan fingerprint density at radius 2 is 1.67 bits per heavy atom. The van der Waals surface area contributed by atoms with Crippen molar-refractivity contribution in [1.29, 1.82) is 5.26 Å². The highest BCUT2D eigenvalue weighted by Gasteiger charge is 2.35. The van der Waals surface area contributed by atoms with Crippen molar-refractivity contribution < 1.29 is 22.8 Å². The number of anilines is 2. The number of carbonyl (C=O) groups excluding carboxylic acids is 2. The highest BCUT2D eigenvalue weighted by molar-refractivity contribution is 6.04. The van der Waals surface area contributed by atoms with Crippen LogP contribution in [0.2, 0.25) is 0 Å². The third-order valence-electron chi connectivity index (χ3n) is 5.61. The molecule has 0 aliphatic heterocycles. The molecule has 1 saturated carbocycles. The molecule has 3 N–H and O–H groups in total. The van der Waals surface area contributed by atoms with Crippen molar-refractivity contribution in [2.45, 2.75) is 50.2 Å². The van der Waals surface area contributed by atoms with E-state index < -0.39 is 35.6 Å². The summed E-state index contributed by atoms with van der Waals surface area (Å²) in [6.07, 6.45) is -0.0518. The lowest BCUT2D eigenvalue weighted by molar-refractivity contribution is -0.137. The first-order valence-electron chi connectivity index (χ1n) is 10.8. The van der Waals surface area contributed by atoms with Gasteiger partial charge in [0.1, 0.15) is 5.54 Å². The van der Waals surface area contributed by atoms with Gasteiger partial charge < -0.3 is 16.0 Å². The van der Waals surface area contributed by atoms with Gasteiger partial charge in [0.05, 0.1) is 18.2 Å². The molecule has 2 amide bonds. The van der Waals surface area contributed by atoms with Gasteiger partial charge in [-0.1, -0.05) is 43.9 Å². The average molecular weight is 458 g/mol. The Kier molecular flexibility index (Phi) is 7.59. The van der Waals surface area contributed by atoms with Gasteiger partial charge in [-0.15, -0.1) is 0 Å². The monoisotopic (exact) mass is 458 g/mol. The highest BCUT2D eigenvalue weighted by Crippen LogP contribution is 2.36. The second-order valence-corrected chi connectivity index (χ2v) is 8.09. The zero-order valence-corrected chi connectivity index (χ0v) is 18.0. The van der Waals surface area contributed by atoms with E-state index in [2.05, 4.69) is 22.0 Å². The van der Waals surface area contributed by atoms with E-state index in [1.54, 1.807) is 30.3 Å². The van der Waals surface area contributed by atoms with Gasteiger partial charge in [0.2, 0.25) is 5.91 Å². The number of alkyl halides is 3. The highest BCUT2D eigenvalue weighted by atomic mass is 19.4. The predicted molar refractivity (Wildman–Crippen MR) is 119 cm³/mol. The maximum atomic E-state index is 13.7. The van der Waals surface area contributed by atoms with E-state index in [-0.39, 0.29) is 11.4 Å². The molecule has 0 unspecified atom stereocenters. The van der Waals surface area contributed by atoms with Gasteiger partial charge in [0.15, 0.2) is 0 Å². The molecule has 174 valence electrons. The Hall–Kier alpha value is -3.54. The van der Waals surface area contributed by atoms with Gasteiger partial charge in [-0.2, -0.15) is 18.4 Å². The van der Waals surface area contributed by atoms with Crippen LogP contribution in [0.4, 0.5) is 24.5 Å². The van der Waals surface area contributed by atoms with Crippen LogP contribution < -0.4 is 16.0 Å². The maximum Gasteiger partial charge on any atom is 0.418 e. The molecule has 1 aliphatic rings. The van der Waals surface area contributed by atoms with Gasteiger partial charge in [-0.25, -0.2) is 0 Å². The van der Waals surface area contributed by atoms with Crippen LogP contribution >= 0.6 is 0 Å². The third-order valence-corrected chi connectivity index (χ3v) is 5.61. The van der Waals surface area contributed by atoms with Crippen LogP contribution in [-0.2, 0) is 11.0 Å². The summed E-state index contributed by atoms with van der Waals surface area (Å²) in [5.74, 6) is -1.08. The molecule has 2 aromatic carbocycles. The average Bonchev–Trinajstić information content (AvgIpc) is 3.04. The fourth-order valence-corrected chi connectivity index (χ4v) is 3.89. The molecule has 0 bridgehead atoms. The molecular weight excluding hydrogens is 433 g/mol. The number of benzene rings is 2. The van der Waals surface area contributed by atoms with Crippen molar-refractivity contribution in [3.63, 3.8) is 0 Å². The van der Waals surface area contributed by atoms with E-state index in [1.165, 1.54) is 12.1 Å². The molecule has 1 fully saturated rings. The molecule has 0 radical (unpaired) electrons. The summed E-state index contributed by atoms with van der Waals surface area (Å²) in [5.41, 5.74) is -1.98. The zero-order chi connectivity index (χ0) is 23.9.